The van der Waals surface area contributed by atoms with E-state index >= 15 is 0 Å². The van der Waals surface area contributed by atoms with Gasteiger partial charge in [-0.05, 0) is 12.8 Å². The molecular weight excluding hydrogens is 134 g/mol. The van der Waals surface area contributed by atoms with Crippen LogP contribution in [0.3, 0.4) is 0 Å². The van der Waals surface area contributed by atoms with E-state index in [9.17, 15) is 9.59 Å². The molecule has 10 heavy (non-hydrogen) atoms. The summed E-state index contributed by atoms with van der Waals surface area (Å²) in [4.78, 5) is 21.2. The number of hydrogen-bond acceptors (Lipinski definition) is 3. The number of rotatable bonds is 1. The quantitative estimate of drug-likeness (QED) is 0.573. The second-order valence-electron chi connectivity index (χ2n) is 2.26. The van der Waals surface area contributed by atoms with E-state index in [0.29, 0.717) is 0 Å². The number of amides is 2. The summed E-state index contributed by atoms with van der Waals surface area (Å²) in [5, 5.41) is 2.09. The predicted molar refractivity (Wildman–Crippen MR) is 33.3 cm³/mol. The largest absolute Gasteiger partial charge is 0.453 e. The van der Waals surface area contributed by atoms with E-state index in [4.69, 9.17) is 0 Å². The third-order valence-electron chi connectivity index (χ3n) is 1.36. The van der Waals surface area contributed by atoms with Crippen molar-refractivity contribution in [2.45, 2.75) is 12.8 Å². The number of alkyl carbamates (subject to hydrolysis) is 1. The monoisotopic (exact) mass is 143 g/mol. The molecule has 0 aromatic rings. The van der Waals surface area contributed by atoms with E-state index in [1.54, 1.807) is 0 Å². The summed E-state index contributed by atoms with van der Waals surface area (Å²) in [6.45, 7) is 0. The summed E-state index contributed by atoms with van der Waals surface area (Å²) < 4.78 is 4.23. The van der Waals surface area contributed by atoms with Gasteiger partial charge in [0.2, 0.25) is 5.91 Å². The van der Waals surface area contributed by atoms with Gasteiger partial charge in [0.25, 0.3) is 0 Å². The lowest BCUT2D eigenvalue weighted by atomic mass is 10.4. The van der Waals surface area contributed by atoms with Crippen molar-refractivity contribution < 1.29 is 14.3 Å². The van der Waals surface area contributed by atoms with Gasteiger partial charge in [-0.1, -0.05) is 0 Å². The van der Waals surface area contributed by atoms with Crippen LogP contribution in [0.25, 0.3) is 0 Å². The van der Waals surface area contributed by atoms with Gasteiger partial charge in [0.1, 0.15) is 0 Å². The predicted octanol–water partition coefficient (Wildman–Crippen LogP) is 0.279. The average molecular weight is 143 g/mol. The standard InChI is InChI=1S/C6H9NO3/c1-10-6(9)7-5(8)4-2-3-4/h4H,2-3H2,1H3,(H,7,8,9). The summed E-state index contributed by atoms with van der Waals surface area (Å²) in [6.07, 6.45) is 1.11. The molecule has 0 heterocycles. The maximum Gasteiger partial charge on any atom is 0.413 e. The fourth-order valence-corrected chi connectivity index (χ4v) is 0.599. The third-order valence-corrected chi connectivity index (χ3v) is 1.36. The highest BCUT2D eigenvalue weighted by molar-refractivity contribution is 5.94. The highest BCUT2D eigenvalue weighted by Crippen LogP contribution is 2.28. The minimum absolute atomic E-state index is 0.0547. The number of carbonyl (C=O) groups is 2. The van der Waals surface area contributed by atoms with E-state index < -0.39 is 6.09 Å². The maximum absolute atomic E-state index is 10.8. The molecule has 4 nitrogen and oxygen atoms in total. The van der Waals surface area contributed by atoms with Gasteiger partial charge in [-0.3, -0.25) is 10.1 Å². The molecule has 1 aliphatic carbocycles. The molecule has 0 atom stereocenters. The van der Waals surface area contributed by atoms with Crippen LogP contribution in [0, 0.1) is 5.92 Å². The number of methoxy groups -OCH3 is 1. The fourth-order valence-electron chi connectivity index (χ4n) is 0.599. The van der Waals surface area contributed by atoms with Crippen LogP contribution in [0.4, 0.5) is 4.79 Å². The van der Waals surface area contributed by atoms with Crippen LogP contribution in [0.2, 0.25) is 0 Å². The van der Waals surface area contributed by atoms with E-state index in [1.807, 2.05) is 0 Å². The van der Waals surface area contributed by atoms with Crippen LogP contribution in [0.5, 0.6) is 0 Å². The topological polar surface area (TPSA) is 55.4 Å². The zero-order valence-electron chi connectivity index (χ0n) is 5.72. The lowest BCUT2D eigenvalue weighted by molar-refractivity contribution is -0.121. The van der Waals surface area contributed by atoms with Crippen LogP contribution >= 0.6 is 0 Å². The smallest absolute Gasteiger partial charge is 0.413 e. The van der Waals surface area contributed by atoms with Crippen molar-refractivity contribution in [3.63, 3.8) is 0 Å². The zero-order chi connectivity index (χ0) is 7.56. The van der Waals surface area contributed by atoms with Gasteiger partial charge in [0, 0.05) is 5.92 Å². The normalized spacial score (nSPS) is 16.1. The molecule has 0 aliphatic heterocycles. The molecule has 0 saturated heterocycles. The van der Waals surface area contributed by atoms with Gasteiger partial charge in [0.15, 0.2) is 0 Å². The minimum Gasteiger partial charge on any atom is -0.453 e. The zero-order valence-corrected chi connectivity index (χ0v) is 5.72. The lowest BCUT2D eigenvalue weighted by Crippen LogP contribution is -2.31. The number of carbonyl (C=O) groups excluding carboxylic acids is 2. The molecule has 0 unspecified atom stereocenters. The molecule has 0 bridgehead atoms. The molecule has 1 rings (SSSR count). The first-order valence-electron chi connectivity index (χ1n) is 3.13. The Kier molecular flexibility index (Phi) is 1.89. The Labute approximate surface area is 58.5 Å². The van der Waals surface area contributed by atoms with Crippen LogP contribution in [-0.2, 0) is 9.53 Å². The summed E-state index contributed by atoms with van der Waals surface area (Å²) in [7, 11) is 1.23. The lowest BCUT2D eigenvalue weighted by Gasteiger charge is -1.98. The van der Waals surface area contributed by atoms with Crippen LogP contribution in [-0.4, -0.2) is 19.1 Å². The number of hydrogen-bond donors (Lipinski definition) is 1. The summed E-state index contributed by atoms with van der Waals surface area (Å²) in [5.41, 5.74) is 0. The molecule has 1 N–H and O–H groups in total. The van der Waals surface area contributed by atoms with Crippen molar-refractivity contribution in [2.24, 2.45) is 5.92 Å². The van der Waals surface area contributed by atoms with Crippen molar-refractivity contribution in [2.75, 3.05) is 7.11 Å². The van der Waals surface area contributed by atoms with Gasteiger partial charge < -0.3 is 4.74 Å². The summed E-state index contributed by atoms with van der Waals surface area (Å²) in [6, 6.07) is 0. The Morgan fingerprint density at radius 2 is 2.10 bits per heavy atom. The van der Waals surface area contributed by atoms with Gasteiger partial charge >= 0.3 is 6.09 Å². The molecule has 2 amide bonds. The highest BCUT2D eigenvalue weighted by atomic mass is 16.5. The van der Waals surface area contributed by atoms with Crippen molar-refractivity contribution in [1.29, 1.82) is 0 Å². The van der Waals surface area contributed by atoms with Crippen LogP contribution in [0.1, 0.15) is 12.8 Å². The van der Waals surface area contributed by atoms with Crippen LogP contribution < -0.4 is 5.32 Å². The van der Waals surface area contributed by atoms with Gasteiger partial charge in [-0.2, -0.15) is 0 Å². The number of ether oxygens (including phenoxy) is 1. The second kappa shape index (κ2) is 2.68. The summed E-state index contributed by atoms with van der Waals surface area (Å²) >= 11 is 0. The molecule has 56 valence electrons. The molecule has 1 aliphatic rings. The molecule has 0 spiro atoms. The molecule has 0 radical (unpaired) electrons. The van der Waals surface area contributed by atoms with Crippen molar-refractivity contribution in [3.8, 4) is 0 Å². The van der Waals surface area contributed by atoms with Gasteiger partial charge in [0.05, 0.1) is 7.11 Å². The Morgan fingerprint density at radius 3 is 2.50 bits per heavy atom. The first kappa shape index (κ1) is 7.05. The van der Waals surface area contributed by atoms with Crippen molar-refractivity contribution in [1.82, 2.24) is 5.32 Å². The van der Waals surface area contributed by atoms with E-state index in [2.05, 4.69) is 10.1 Å². The second-order valence-corrected chi connectivity index (χ2v) is 2.26. The first-order valence-corrected chi connectivity index (χ1v) is 3.13. The SMILES string of the molecule is COC(=O)NC(=O)C1CC1. The highest BCUT2D eigenvalue weighted by Gasteiger charge is 2.30. The molecular formula is C6H9NO3. The number of nitrogens with one attached hydrogen (secondary N) is 1. The van der Waals surface area contributed by atoms with Crippen molar-refractivity contribution in [3.05, 3.63) is 0 Å². The van der Waals surface area contributed by atoms with E-state index in [0.717, 1.165) is 12.8 Å². The molecule has 0 aromatic carbocycles. The van der Waals surface area contributed by atoms with E-state index in [1.165, 1.54) is 7.11 Å². The molecule has 0 aromatic heterocycles. The average Bonchev–Trinajstić information content (AvgIpc) is 2.68. The minimum atomic E-state index is -0.670. The third kappa shape index (κ3) is 1.72. The molecule has 1 fully saturated rings. The van der Waals surface area contributed by atoms with Gasteiger partial charge in [-0.25, -0.2) is 4.79 Å². The molecule has 1 saturated carbocycles. The maximum atomic E-state index is 10.8. The Morgan fingerprint density at radius 1 is 1.50 bits per heavy atom. The Hall–Kier alpha value is -1.06. The van der Waals surface area contributed by atoms with Gasteiger partial charge in [-0.15, -0.1) is 0 Å². The fraction of sp³-hybridized carbons (Fsp3) is 0.667. The summed E-state index contributed by atoms with van der Waals surface area (Å²) in [5.74, 6) is -0.161. The Bertz CT molecular complexity index is 162. The van der Waals surface area contributed by atoms with Crippen molar-refractivity contribution >= 4 is 12.0 Å². The van der Waals surface area contributed by atoms with Crippen LogP contribution in [0.15, 0.2) is 0 Å². The Balaban J connectivity index is 2.23. The number of imide groups is 1. The molecule has 4 heteroatoms. The van der Waals surface area contributed by atoms with E-state index in [-0.39, 0.29) is 11.8 Å². The first-order chi connectivity index (χ1) is 4.74.